The zero-order valence-electron chi connectivity index (χ0n) is 10.9. The van der Waals surface area contributed by atoms with Gasteiger partial charge in [0.05, 0.1) is 29.1 Å². The van der Waals surface area contributed by atoms with E-state index in [4.69, 9.17) is 28.9 Å². The number of benzene rings is 2. The number of nitrogen functional groups attached to an aromatic ring is 1. The van der Waals surface area contributed by atoms with Gasteiger partial charge in [0, 0.05) is 10.7 Å². The summed E-state index contributed by atoms with van der Waals surface area (Å²) in [5.41, 5.74) is 6.08. The Kier molecular flexibility index (Phi) is 4.55. The van der Waals surface area contributed by atoms with E-state index in [0.29, 0.717) is 15.7 Å². The van der Waals surface area contributed by atoms with Gasteiger partial charge in [-0.1, -0.05) is 23.2 Å². The van der Waals surface area contributed by atoms with Crippen LogP contribution in [0.3, 0.4) is 0 Å². The number of carbonyl (C=O) groups excluding carboxylic acids is 1. The average Bonchev–Trinajstić information content (AvgIpc) is 2.44. The lowest BCUT2D eigenvalue weighted by Crippen LogP contribution is -2.07. The lowest BCUT2D eigenvalue weighted by atomic mass is 10.1. The minimum Gasteiger partial charge on any atom is -0.465 e. The van der Waals surface area contributed by atoms with Crippen molar-refractivity contribution in [1.29, 1.82) is 0 Å². The molecule has 7 heteroatoms. The molecule has 110 valence electrons. The van der Waals surface area contributed by atoms with E-state index >= 15 is 0 Å². The smallest absolute Gasteiger partial charge is 0.340 e. The number of carbonyl (C=O) groups is 1. The van der Waals surface area contributed by atoms with Crippen molar-refractivity contribution in [2.24, 2.45) is 0 Å². The number of hydrogen-bond acceptors (Lipinski definition) is 4. The standard InChI is InChI=1S/C14H11Cl2FN2O2/c1-21-14(20)8-5-13(10(17)6-11(8)18)19-12-4-7(15)2-3-9(12)16/h2-6,19H,18H2,1H3. The summed E-state index contributed by atoms with van der Waals surface area (Å²) in [6.07, 6.45) is 0. The number of hydrogen-bond donors (Lipinski definition) is 2. The van der Waals surface area contributed by atoms with Gasteiger partial charge in [-0.25, -0.2) is 9.18 Å². The summed E-state index contributed by atoms with van der Waals surface area (Å²) in [5, 5.41) is 3.57. The first-order chi connectivity index (χ1) is 9.92. The highest BCUT2D eigenvalue weighted by Crippen LogP contribution is 2.31. The Hall–Kier alpha value is -1.98. The molecule has 21 heavy (non-hydrogen) atoms. The van der Waals surface area contributed by atoms with Gasteiger partial charge in [0.25, 0.3) is 0 Å². The molecule has 0 atom stereocenters. The zero-order chi connectivity index (χ0) is 15.6. The molecule has 0 fully saturated rings. The Morgan fingerprint density at radius 3 is 2.62 bits per heavy atom. The fourth-order valence-electron chi connectivity index (χ4n) is 1.71. The minimum atomic E-state index is -0.659. The van der Waals surface area contributed by atoms with Crippen molar-refractivity contribution in [2.45, 2.75) is 0 Å². The predicted molar refractivity (Wildman–Crippen MR) is 81.9 cm³/mol. The fraction of sp³-hybridized carbons (Fsp3) is 0.0714. The number of ether oxygens (including phenoxy) is 1. The van der Waals surface area contributed by atoms with Crippen LogP contribution in [-0.2, 0) is 4.74 Å². The zero-order valence-corrected chi connectivity index (χ0v) is 12.4. The molecule has 3 N–H and O–H groups in total. The molecule has 0 aromatic heterocycles. The van der Waals surface area contributed by atoms with E-state index in [1.807, 2.05) is 0 Å². The first-order valence-electron chi connectivity index (χ1n) is 5.81. The number of nitrogens with two attached hydrogens (primary N) is 1. The highest BCUT2D eigenvalue weighted by molar-refractivity contribution is 6.35. The van der Waals surface area contributed by atoms with E-state index in [0.717, 1.165) is 6.07 Å². The van der Waals surface area contributed by atoms with Crippen molar-refractivity contribution in [1.82, 2.24) is 0 Å². The van der Waals surface area contributed by atoms with Crippen LogP contribution < -0.4 is 11.1 Å². The molecule has 0 heterocycles. The van der Waals surface area contributed by atoms with Crippen molar-refractivity contribution in [3.63, 3.8) is 0 Å². The quantitative estimate of drug-likeness (QED) is 0.653. The van der Waals surface area contributed by atoms with E-state index in [9.17, 15) is 9.18 Å². The fourth-order valence-corrected chi connectivity index (χ4v) is 2.05. The first-order valence-corrected chi connectivity index (χ1v) is 6.57. The number of methoxy groups -OCH3 is 1. The van der Waals surface area contributed by atoms with Crippen LogP contribution in [0.5, 0.6) is 0 Å². The third kappa shape index (κ3) is 3.37. The molecule has 2 aromatic rings. The second-order valence-electron chi connectivity index (χ2n) is 4.16. The Morgan fingerprint density at radius 2 is 1.95 bits per heavy atom. The second kappa shape index (κ2) is 6.20. The summed E-state index contributed by atoms with van der Waals surface area (Å²) >= 11 is 11.9. The molecule has 0 saturated carbocycles. The summed E-state index contributed by atoms with van der Waals surface area (Å²) in [4.78, 5) is 11.6. The molecule has 2 rings (SSSR count). The van der Waals surface area contributed by atoms with Crippen molar-refractivity contribution in [2.75, 3.05) is 18.2 Å². The van der Waals surface area contributed by atoms with Crippen LogP contribution >= 0.6 is 23.2 Å². The molecule has 0 amide bonds. The number of nitrogens with one attached hydrogen (secondary N) is 1. The molecule has 0 bridgehead atoms. The molecule has 0 aliphatic carbocycles. The maximum Gasteiger partial charge on any atom is 0.340 e. The van der Waals surface area contributed by atoms with Gasteiger partial charge in [0.15, 0.2) is 0 Å². The maximum absolute atomic E-state index is 13.9. The van der Waals surface area contributed by atoms with Crippen molar-refractivity contribution >= 4 is 46.2 Å². The maximum atomic E-state index is 13.9. The Balaban J connectivity index is 2.44. The Morgan fingerprint density at radius 1 is 1.24 bits per heavy atom. The summed E-state index contributed by atoms with van der Waals surface area (Å²) < 4.78 is 18.5. The predicted octanol–water partition coefficient (Wildman–Crippen LogP) is 4.24. The molecule has 0 radical (unpaired) electrons. The van der Waals surface area contributed by atoms with E-state index in [1.165, 1.54) is 19.2 Å². The molecule has 0 unspecified atom stereocenters. The summed E-state index contributed by atoms with van der Waals surface area (Å²) in [7, 11) is 1.21. The van der Waals surface area contributed by atoms with Gasteiger partial charge in [-0.05, 0) is 30.3 Å². The van der Waals surface area contributed by atoms with Gasteiger partial charge < -0.3 is 15.8 Å². The summed E-state index contributed by atoms with van der Waals surface area (Å²) in [5.74, 6) is -1.29. The number of halogens is 3. The first kappa shape index (κ1) is 15.4. The molecular weight excluding hydrogens is 318 g/mol. The van der Waals surface area contributed by atoms with Gasteiger partial charge in [-0.15, -0.1) is 0 Å². The SMILES string of the molecule is COC(=O)c1cc(Nc2cc(Cl)ccc2Cl)c(F)cc1N. The van der Waals surface area contributed by atoms with E-state index in [1.54, 1.807) is 12.1 Å². The highest BCUT2D eigenvalue weighted by atomic mass is 35.5. The minimum absolute atomic E-state index is 0.0120. The van der Waals surface area contributed by atoms with Gasteiger partial charge in [0.1, 0.15) is 5.82 Å². The van der Waals surface area contributed by atoms with Crippen LogP contribution in [-0.4, -0.2) is 13.1 Å². The largest absolute Gasteiger partial charge is 0.465 e. The molecule has 0 spiro atoms. The van der Waals surface area contributed by atoms with Crippen LogP contribution in [0.15, 0.2) is 30.3 Å². The van der Waals surface area contributed by atoms with Crippen molar-refractivity contribution in [3.8, 4) is 0 Å². The van der Waals surface area contributed by atoms with E-state index in [2.05, 4.69) is 10.1 Å². The highest BCUT2D eigenvalue weighted by Gasteiger charge is 2.15. The number of rotatable bonds is 3. The second-order valence-corrected chi connectivity index (χ2v) is 5.00. The lowest BCUT2D eigenvalue weighted by Gasteiger charge is -2.12. The monoisotopic (exact) mass is 328 g/mol. The average molecular weight is 329 g/mol. The lowest BCUT2D eigenvalue weighted by molar-refractivity contribution is 0.0602. The number of anilines is 3. The van der Waals surface area contributed by atoms with Crippen LogP contribution in [0.4, 0.5) is 21.5 Å². The molecule has 0 saturated heterocycles. The van der Waals surface area contributed by atoms with Gasteiger partial charge in [-0.2, -0.15) is 0 Å². The van der Waals surface area contributed by atoms with Gasteiger partial charge in [0.2, 0.25) is 0 Å². The van der Waals surface area contributed by atoms with E-state index in [-0.39, 0.29) is 16.9 Å². The normalized spacial score (nSPS) is 10.3. The van der Waals surface area contributed by atoms with Crippen LogP contribution in [0.25, 0.3) is 0 Å². The third-order valence-corrected chi connectivity index (χ3v) is 3.31. The van der Waals surface area contributed by atoms with Gasteiger partial charge in [-0.3, -0.25) is 0 Å². The Labute approximate surface area is 130 Å². The summed E-state index contributed by atoms with van der Waals surface area (Å²) in [6, 6.07) is 7.01. The molecule has 4 nitrogen and oxygen atoms in total. The van der Waals surface area contributed by atoms with Crippen LogP contribution in [0, 0.1) is 5.82 Å². The molecule has 0 aliphatic rings. The molecule has 2 aromatic carbocycles. The van der Waals surface area contributed by atoms with Crippen molar-refractivity contribution < 1.29 is 13.9 Å². The van der Waals surface area contributed by atoms with Crippen LogP contribution in [0.2, 0.25) is 10.0 Å². The summed E-state index contributed by atoms with van der Waals surface area (Å²) in [6.45, 7) is 0. The van der Waals surface area contributed by atoms with Crippen molar-refractivity contribution in [3.05, 3.63) is 51.8 Å². The third-order valence-electron chi connectivity index (χ3n) is 2.74. The van der Waals surface area contributed by atoms with Gasteiger partial charge >= 0.3 is 5.97 Å². The topological polar surface area (TPSA) is 64.3 Å². The van der Waals surface area contributed by atoms with Crippen LogP contribution in [0.1, 0.15) is 10.4 Å². The number of esters is 1. The van der Waals surface area contributed by atoms with E-state index < -0.39 is 11.8 Å². The molecular formula is C14H11Cl2FN2O2. The Bertz CT molecular complexity index is 708. The molecule has 0 aliphatic heterocycles.